The van der Waals surface area contributed by atoms with Crippen LogP contribution in [0.25, 0.3) is 0 Å². The summed E-state index contributed by atoms with van der Waals surface area (Å²) in [6.45, 7) is 6.38. The molecule has 1 rings (SSSR count). The number of ether oxygens (including phenoxy) is 1. The molecule has 0 aliphatic carbocycles. The molecule has 74 valence electrons. The van der Waals surface area contributed by atoms with Gasteiger partial charge in [-0.25, -0.2) is 4.98 Å². The zero-order chi connectivity index (χ0) is 9.68. The standard InChI is InChI=1S/C9H17N3O/c1-3-13-6-4-5-12-7-8(2)11-9(12)10/h7H,3-6H2,1-2H3,(H2,10,11). The molecule has 13 heavy (non-hydrogen) atoms. The fourth-order valence-electron chi connectivity index (χ4n) is 1.23. The zero-order valence-corrected chi connectivity index (χ0v) is 8.29. The van der Waals surface area contributed by atoms with Gasteiger partial charge in [0.1, 0.15) is 0 Å². The monoisotopic (exact) mass is 183 g/mol. The molecule has 0 fully saturated rings. The highest BCUT2D eigenvalue weighted by atomic mass is 16.5. The number of hydrogen-bond donors (Lipinski definition) is 1. The lowest BCUT2D eigenvalue weighted by molar-refractivity contribution is 0.142. The second-order valence-electron chi connectivity index (χ2n) is 2.98. The van der Waals surface area contributed by atoms with Crippen LogP contribution in [0.2, 0.25) is 0 Å². The van der Waals surface area contributed by atoms with Crippen LogP contribution in [0.15, 0.2) is 6.20 Å². The molecule has 4 nitrogen and oxygen atoms in total. The molecule has 0 aliphatic heterocycles. The molecule has 0 aromatic carbocycles. The zero-order valence-electron chi connectivity index (χ0n) is 8.29. The van der Waals surface area contributed by atoms with Crippen molar-refractivity contribution in [2.75, 3.05) is 18.9 Å². The third-order valence-corrected chi connectivity index (χ3v) is 1.82. The van der Waals surface area contributed by atoms with Gasteiger partial charge in [0, 0.05) is 26.0 Å². The summed E-state index contributed by atoms with van der Waals surface area (Å²) in [5.74, 6) is 0.592. The fourth-order valence-corrected chi connectivity index (χ4v) is 1.23. The third-order valence-electron chi connectivity index (χ3n) is 1.82. The van der Waals surface area contributed by atoms with Gasteiger partial charge in [-0.2, -0.15) is 0 Å². The lowest BCUT2D eigenvalue weighted by Crippen LogP contribution is -2.05. The molecule has 0 saturated carbocycles. The maximum atomic E-state index is 5.67. The molecule has 1 aromatic heterocycles. The Labute approximate surface area is 78.7 Å². The van der Waals surface area contributed by atoms with E-state index in [4.69, 9.17) is 10.5 Å². The van der Waals surface area contributed by atoms with Gasteiger partial charge in [-0.3, -0.25) is 0 Å². The second kappa shape index (κ2) is 4.87. The van der Waals surface area contributed by atoms with Gasteiger partial charge in [0.15, 0.2) is 5.95 Å². The number of nitrogen functional groups attached to an aromatic ring is 1. The Kier molecular flexibility index (Phi) is 3.76. The lowest BCUT2D eigenvalue weighted by Gasteiger charge is -2.03. The minimum Gasteiger partial charge on any atom is -0.382 e. The number of nitrogens with two attached hydrogens (primary N) is 1. The van der Waals surface area contributed by atoms with Crippen molar-refractivity contribution < 1.29 is 4.74 Å². The van der Waals surface area contributed by atoms with Crippen LogP contribution in [0, 0.1) is 6.92 Å². The van der Waals surface area contributed by atoms with Crippen LogP contribution in [0.5, 0.6) is 0 Å². The number of aryl methyl sites for hydroxylation is 2. The molecule has 2 N–H and O–H groups in total. The van der Waals surface area contributed by atoms with Crippen molar-refractivity contribution in [2.45, 2.75) is 26.8 Å². The van der Waals surface area contributed by atoms with Gasteiger partial charge in [-0.15, -0.1) is 0 Å². The maximum absolute atomic E-state index is 5.67. The molecule has 0 aliphatic rings. The quantitative estimate of drug-likeness (QED) is 0.698. The Hall–Kier alpha value is -1.03. The molecular formula is C9H17N3O. The van der Waals surface area contributed by atoms with Gasteiger partial charge in [-0.1, -0.05) is 0 Å². The minimum absolute atomic E-state index is 0.592. The van der Waals surface area contributed by atoms with Gasteiger partial charge < -0.3 is 15.0 Å². The van der Waals surface area contributed by atoms with Gasteiger partial charge in [0.2, 0.25) is 0 Å². The Morgan fingerprint density at radius 2 is 2.38 bits per heavy atom. The molecule has 0 radical (unpaired) electrons. The summed E-state index contributed by atoms with van der Waals surface area (Å²) >= 11 is 0. The van der Waals surface area contributed by atoms with Crippen LogP contribution in [-0.4, -0.2) is 22.8 Å². The van der Waals surface area contributed by atoms with Crippen molar-refractivity contribution in [3.63, 3.8) is 0 Å². The highest BCUT2D eigenvalue weighted by molar-refractivity contribution is 5.20. The summed E-state index contributed by atoms with van der Waals surface area (Å²) in [5.41, 5.74) is 6.63. The van der Waals surface area contributed by atoms with Gasteiger partial charge in [0.25, 0.3) is 0 Å². The van der Waals surface area contributed by atoms with E-state index in [1.165, 1.54) is 0 Å². The third kappa shape index (κ3) is 3.06. The van der Waals surface area contributed by atoms with Crippen LogP contribution in [-0.2, 0) is 11.3 Å². The maximum Gasteiger partial charge on any atom is 0.200 e. The van der Waals surface area contributed by atoms with E-state index in [0.717, 1.165) is 31.9 Å². The summed E-state index contributed by atoms with van der Waals surface area (Å²) < 4.78 is 7.18. The smallest absolute Gasteiger partial charge is 0.200 e. The average molecular weight is 183 g/mol. The molecule has 0 spiro atoms. The van der Waals surface area contributed by atoms with E-state index < -0.39 is 0 Å². The first-order valence-electron chi connectivity index (χ1n) is 4.61. The predicted molar refractivity (Wildman–Crippen MR) is 52.5 cm³/mol. The second-order valence-corrected chi connectivity index (χ2v) is 2.98. The molecule has 0 amide bonds. The van der Waals surface area contributed by atoms with Gasteiger partial charge >= 0.3 is 0 Å². The van der Waals surface area contributed by atoms with Crippen LogP contribution in [0.3, 0.4) is 0 Å². The van der Waals surface area contributed by atoms with E-state index in [9.17, 15) is 0 Å². The van der Waals surface area contributed by atoms with E-state index >= 15 is 0 Å². The molecule has 1 aromatic rings. The van der Waals surface area contributed by atoms with Crippen LogP contribution >= 0.6 is 0 Å². The Balaban J connectivity index is 2.32. The van der Waals surface area contributed by atoms with E-state index in [1.54, 1.807) is 0 Å². The Morgan fingerprint density at radius 3 is 2.92 bits per heavy atom. The summed E-state index contributed by atoms with van der Waals surface area (Å²) in [6.07, 6.45) is 2.94. The van der Waals surface area contributed by atoms with E-state index in [1.807, 2.05) is 24.6 Å². The topological polar surface area (TPSA) is 53.1 Å². The van der Waals surface area contributed by atoms with E-state index in [2.05, 4.69) is 4.98 Å². The Bertz CT molecular complexity index is 257. The van der Waals surface area contributed by atoms with Crippen LogP contribution in [0.4, 0.5) is 5.95 Å². The summed E-state index contributed by atoms with van der Waals surface area (Å²) in [6, 6.07) is 0. The highest BCUT2D eigenvalue weighted by Gasteiger charge is 1.99. The van der Waals surface area contributed by atoms with Crippen LogP contribution in [0.1, 0.15) is 19.0 Å². The van der Waals surface area contributed by atoms with Crippen molar-refractivity contribution in [2.24, 2.45) is 0 Å². The fraction of sp³-hybridized carbons (Fsp3) is 0.667. The number of aromatic nitrogens is 2. The van der Waals surface area contributed by atoms with Crippen molar-refractivity contribution in [3.05, 3.63) is 11.9 Å². The van der Waals surface area contributed by atoms with Crippen molar-refractivity contribution in [3.8, 4) is 0 Å². The summed E-state index contributed by atoms with van der Waals surface area (Å²) in [7, 11) is 0. The van der Waals surface area contributed by atoms with Gasteiger partial charge in [-0.05, 0) is 20.3 Å². The SMILES string of the molecule is CCOCCCn1cc(C)nc1N. The summed E-state index contributed by atoms with van der Waals surface area (Å²) in [5, 5.41) is 0. The van der Waals surface area contributed by atoms with Crippen molar-refractivity contribution >= 4 is 5.95 Å². The largest absolute Gasteiger partial charge is 0.382 e. The Morgan fingerprint density at radius 1 is 1.62 bits per heavy atom. The molecule has 0 saturated heterocycles. The number of imidazole rings is 1. The minimum atomic E-state index is 0.592. The average Bonchev–Trinajstić information content (AvgIpc) is 2.39. The lowest BCUT2D eigenvalue weighted by atomic mass is 10.4. The molecule has 1 heterocycles. The van der Waals surface area contributed by atoms with Crippen molar-refractivity contribution in [1.29, 1.82) is 0 Å². The number of nitrogens with zero attached hydrogens (tertiary/aromatic N) is 2. The van der Waals surface area contributed by atoms with E-state index in [-0.39, 0.29) is 0 Å². The number of hydrogen-bond acceptors (Lipinski definition) is 3. The van der Waals surface area contributed by atoms with Crippen molar-refractivity contribution in [1.82, 2.24) is 9.55 Å². The summed E-state index contributed by atoms with van der Waals surface area (Å²) in [4.78, 5) is 4.11. The first kappa shape index (κ1) is 10.1. The first-order valence-corrected chi connectivity index (χ1v) is 4.61. The number of rotatable bonds is 5. The van der Waals surface area contributed by atoms with E-state index in [0.29, 0.717) is 5.95 Å². The molecule has 0 unspecified atom stereocenters. The predicted octanol–water partition coefficient (Wildman–Crippen LogP) is 1.20. The molecule has 4 heteroatoms. The van der Waals surface area contributed by atoms with Crippen LogP contribution < -0.4 is 5.73 Å². The normalized spacial score (nSPS) is 10.6. The first-order chi connectivity index (χ1) is 6.24. The van der Waals surface area contributed by atoms with Gasteiger partial charge in [0.05, 0.1) is 5.69 Å². The molecular weight excluding hydrogens is 166 g/mol. The highest BCUT2D eigenvalue weighted by Crippen LogP contribution is 2.04. The molecule has 0 atom stereocenters. The molecule has 0 bridgehead atoms. The number of anilines is 1.